The number of rotatable bonds is 8. The normalized spacial score (nSPS) is 10.5. The van der Waals surface area contributed by atoms with Gasteiger partial charge in [-0.1, -0.05) is 34.8 Å². The predicted octanol–water partition coefficient (Wildman–Crippen LogP) is 6.75. The van der Waals surface area contributed by atoms with Crippen LogP contribution in [0.5, 0.6) is 17.2 Å². The highest BCUT2D eigenvalue weighted by Gasteiger charge is 2.10. The molecule has 0 spiro atoms. The number of benzene rings is 2. The van der Waals surface area contributed by atoms with Crippen molar-refractivity contribution >= 4 is 51.6 Å². The predicted molar refractivity (Wildman–Crippen MR) is 98.2 cm³/mol. The van der Waals surface area contributed by atoms with Gasteiger partial charge in [0.2, 0.25) is 5.24 Å². The molecule has 0 atom stereocenters. The number of carbonyl (C=O) groups is 1. The zero-order chi connectivity index (χ0) is 17.5. The summed E-state index contributed by atoms with van der Waals surface area (Å²) >= 11 is 23.3. The molecule has 2 aromatic rings. The highest BCUT2D eigenvalue weighted by molar-refractivity contribution is 6.63. The molecule has 0 heterocycles. The van der Waals surface area contributed by atoms with Crippen LogP contribution in [-0.2, 0) is 4.79 Å². The molecule has 0 aliphatic carbocycles. The van der Waals surface area contributed by atoms with Crippen molar-refractivity contribution in [2.75, 3.05) is 6.61 Å². The van der Waals surface area contributed by atoms with E-state index in [0.29, 0.717) is 58.2 Å². The molecule has 0 saturated heterocycles. The van der Waals surface area contributed by atoms with Crippen molar-refractivity contribution in [3.05, 3.63) is 51.5 Å². The van der Waals surface area contributed by atoms with E-state index in [1.165, 1.54) is 0 Å². The van der Waals surface area contributed by atoms with Gasteiger partial charge in [0.05, 0.1) is 11.6 Å². The Hall–Kier alpha value is -1.13. The molecule has 24 heavy (non-hydrogen) atoms. The summed E-state index contributed by atoms with van der Waals surface area (Å²) in [4.78, 5) is 10.7. The van der Waals surface area contributed by atoms with Crippen LogP contribution in [-0.4, -0.2) is 11.8 Å². The fourth-order valence-corrected chi connectivity index (χ4v) is 2.65. The topological polar surface area (TPSA) is 35.5 Å². The summed E-state index contributed by atoms with van der Waals surface area (Å²) in [7, 11) is 0. The van der Waals surface area contributed by atoms with E-state index in [0.717, 1.165) is 0 Å². The number of ether oxygens (including phenoxy) is 2. The number of hydrogen-bond acceptors (Lipinski definition) is 3. The Labute approximate surface area is 160 Å². The van der Waals surface area contributed by atoms with E-state index in [1.807, 2.05) is 0 Å². The number of hydrogen-bond donors (Lipinski definition) is 0. The van der Waals surface area contributed by atoms with Crippen molar-refractivity contribution in [3.8, 4) is 17.2 Å². The Morgan fingerprint density at radius 1 is 0.875 bits per heavy atom. The maximum Gasteiger partial charge on any atom is 0.221 e. The van der Waals surface area contributed by atoms with Gasteiger partial charge in [0.25, 0.3) is 0 Å². The van der Waals surface area contributed by atoms with Crippen LogP contribution in [0.15, 0.2) is 36.4 Å². The molecule has 0 N–H and O–H groups in total. The van der Waals surface area contributed by atoms with Gasteiger partial charge in [0, 0.05) is 22.5 Å². The highest BCUT2D eigenvalue weighted by Crippen LogP contribution is 2.37. The van der Waals surface area contributed by atoms with Gasteiger partial charge in [-0.25, -0.2) is 0 Å². The molecule has 0 radical (unpaired) electrons. The van der Waals surface area contributed by atoms with Crippen LogP contribution in [0.25, 0.3) is 0 Å². The molecule has 0 bridgehead atoms. The summed E-state index contributed by atoms with van der Waals surface area (Å²) in [6.07, 6.45) is 1.67. The first-order chi connectivity index (χ1) is 11.5. The number of halogens is 4. The zero-order valence-electron chi connectivity index (χ0n) is 12.5. The molecule has 0 fully saturated rings. The van der Waals surface area contributed by atoms with Crippen LogP contribution in [0, 0.1) is 0 Å². The minimum atomic E-state index is -0.348. The van der Waals surface area contributed by atoms with Gasteiger partial charge in [-0.2, -0.15) is 0 Å². The molecule has 7 heteroatoms. The van der Waals surface area contributed by atoms with Crippen LogP contribution >= 0.6 is 46.4 Å². The third-order valence-electron chi connectivity index (χ3n) is 3.04. The lowest BCUT2D eigenvalue weighted by molar-refractivity contribution is -0.111. The molecular formula is C17H14Cl4O3. The van der Waals surface area contributed by atoms with Crippen molar-refractivity contribution in [2.45, 2.75) is 19.3 Å². The number of unbranched alkanes of at least 4 members (excludes halogenated alkanes) is 1. The maximum atomic E-state index is 10.7. The van der Waals surface area contributed by atoms with Gasteiger partial charge in [-0.05, 0) is 54.8 Å². The van der Waals surface area contributed by atoms with Crippen molar-refractivity contribution in [1.29, 1.82) is 0 Å². The van der Waals surface area contributed by atoms with Crippen LogP contribution in [0.1, 0.15) is 19.3 Å². The van der Waals surface area contributed by atoms with Crippen molar-refractivity contribution in [2.24, 2.45) is 0 Å². The lowest BCUT2D eigenvalue weighted by Gasteiger charge is -2.13. The summed E-state index contributed by atoms with van der Waals surface area (Å²) in [6, 6.07) is 10.0. The molecular weight excluding hydrogens is 394 g/mol. The average molecular weight is 408 g/mol. The van der Waals surface area contributed by atoms with Gasteiger partial charge in [-0.15, -0.1) is 0 Å². The largest absolute Gasteiger partial charge is 0.490 e. The lowest BCUT2D eigenvalue weighted by atomic mass is 10.2. The minimum absolute atomic E-state index is 0.324. The first kappa shape index (κ1) is 19.2. The van der Waals surface area contributed by atoms with Crippen LogP contribution in [0.4, 0.5) is 0 Å². The average Bonchev–Trinajstić information content (AvgIpc) is 2.51. The van der Waals surface area contributed by atoms with Gasteiger partial charge >= 0.3 is 0 Å². The zero-order valence-corrected chi connectivity index (χ0v) is 15.6. The Morgan fingerprint density at radius 2 is 1.54 bits per heavy atom. The first-order valence-corrected chi connectivity index (χ1v) is 8.70. The van der Waals surface area contributed by atoms with Gasteiger partial charge in [0.15, 0.2) is 11.5 Å². The molecule has 0 amide bonds. The third-order valence-corrected chi connectivity index (χ3v) is 4.00. The molecule has 0 aliphatic heterocycles. The Balaban J connectivity index is 2.05. The monoisotopic (exact) mass is 406 g/mol. The van der Waals surface area contributed by atoms with Gasteiger partial charge in [-0.3, -0.25) is 4.79 Å². The quantitative estimate of drug-likeness (QED) is 0.358. The molecule has 0 unspecified atom stereocenters. The molecule has 2 rings (SSSR count). The maximum absolute atomic E-state index is 10.7. The molecule has 0 aromatic heterocycles. The Bertz CT molecular complexity index is 719. The molecule has 0 saturated carbocycles. The van der Waals surface area contributed by atoms with Crippen LogP contribution in [0.3, 0.4) is 0 Å². The van der Waals surface area contributed by atoms with Crippen LogP contribution < -0.4 is 9.47 Å². The third kappa shape index (κ3) is 6.06. The van der Waals surface area contributed by atoms with E-state index in [9.17, 15) is 4.79 Å². The Morgan fingerprint density at radius 3 is 2.21 bits per heavy atom. The van der Waals surface area contributed by atoms with E-state index >= 15 is 0 Å². The summed E-state index contributed by atoms with van der Waals surface area (Å²) in [6.45, 7) is 0.412. The van der Waals surface area contributed by atoms with E-state index in [-0.39, 0.29) is 5.24 Å². The summed E-state index contributed by atoms with van der Waals surface area (Å²) < 4.78 is 11.5. The minimum Gasteiger partial charge on any atom is -0.490 e. The van der Waals surface area contributed by atoms with E-state index < -0.39 is 0 Å². The second kappa shape index (κ2) is 9.38. The molecule has 0 aliphatic rings. The summed E-state index contributed by atoms with van der Waals surface area (Å²) in [5.41, 5.74) is 0. The Kier molecular flexibility index (Phi) is 7.50. The summed E-state index contributed by atoms with van der Waals surface area (Å²) in [5, 5.41) is 1.09. The summed E-state index contributed by atoms with van der Waals surface area (Å²) in [5.74, 6) is 1.43. The van der Waals surface area contributed by atoms with E-state index in [2.05, 4.69) is 0 Å². The SMILES string of the molecule is O=C(Cl)CCCCOc1cc(Cl)ccc1Oc1ccc(Cl)cc1Cl. The van der Waals surface area contributed by atoms with E-state index in [4.69, 9.17) is 55.9 Å². The lowest BCUT2D eigenvalue weighted by Crippen LogP contribution is -2.00. The fraction of sp³-hybridized carbons (Fsp3) is 0.235. The molecule has 2 aromatic carbocycles. The van der Waals surface area contributed by atoms with E-state index in [1.54, 1.807) is 36.4 Å². The highest BCUT2D eigenvalue weighted by atomic mass is 35.5. The second-order valence-corrected chi connectivity index (χ2v) is 6.63. The van der Waals surface area contributed by atoms with Crippen molar-refractivity contribution in [3.63, 3.8) is 0 Å². The van der Waals surface area contributed by atoms with Gasteiger partial charge in [0.1, 0.15) is 5.75 Å². The smallest absolute Gasteiger partial charge is 0.221 e. The molecule has 3 nitrogen and oxygen atoms in total. The van der Waals surface area contributed by atoms with Crippen molar-refractivity contribution in [1.82, 2.24) is 0 Å². The standard InChI is InChI=1S/C17H14Cl4O3/c18-11-4-6-14(13(20)9-11)24-15-7-5-12(19)10-16(15)23-8-2-1-3-17(21)22/h4-7,9-10H,1-3,8H2. The van der Waals surface area contributed by atoms with Crippen molar-refractivity contribution < 1.29 is 14.3 Å². The van der Waals surface area contributed by atoms with Crippen LogP contribution in [0.2, 0.25) is 15.1 Å². The molecule has 128 valence electrons. The second-order valence-electron chi connectivity index (χ2n) is 4.93. The number of carbonyl (C=O) groups excluding carboxylic acids is 1. The first-order valence-electron chi connectivity index (χ1n) is 7.19. The fourth-order valence-electron chi connectivity index (χ4n) is 1.90. The van der Waals surface area contributed by atoms with Gasteiger partial charge < -0.3 is 9.47 Å².